The summed E-state index contributed by atoms with van der Waals surface area (Å²) in [5, 5.41) is 8.69. The van der Waals surface area contributed by atoms with Gasteiger partial charge in [-0.15, -0.1) is 3.71 Å². The summed E-state index contributed by atoms with van der Waals surface area (Å²) in [4.78, 5) is 14.6. The Bertz CT molecular complexity index is 1010. The number of halogens is 4. The predicted octanol–water partition coefficient (Wildman–Crippen LogP) is 4.48. The van der Waals surface area contributed by atoms with Crippen molar-refractivity contribution in [3.05, 3.63) is 52.2 Å². The van der Waals surface area contributed by atoms with E-state index < -0.39 is 27.7 Å². The first-order chi connectivity index (χ1) is 12.9. The second-order valence-electron chi connectivity index (χ2n) is 5.51. The number of carboxylic acid groups (broad SMARTS) is 1. The molecule has 6 nitrogen and oxygen atoms in total. The lowest BCUT2D eigenvalue weighted by molar-refractivity contribution is -0.137. The maximum atomic E-state index is 12.9. The molecule has 0 amide bonds. The zero-order chi connectivity index (χ0) is 21.3. The normalized spacial score (nSPS) is 12.4. The lowest BCUT2D eigenvalue weighted by Gasteiger charge is -2.20. The minimum Gasteiger partial charge on any atom is -0.478 e. The quantitative estimate of drug-likeness (QED) is 0.647. The van der Waals surface area contributed by atoms with E-state index in [0.29, 0.717) is 29.8 Å². The summed E-state index contributed by atoms with van der Waals surface area (Å²) in [6.07, 6.45) is -4.07. The molecule has 1 aromatic heterocycles. The van der Waals surface area contributed by atoms with Crippen LogP contribution in [0.2, 0.25) is 5.02 Å². The molecule has 0 unspecified atom stereocenters. The second kappa shape index (κ2) is 8.27. The van der Waals surface area contributed by atoms with Crippen LogP contribution >= 0.6 is 23.5 Å². The fourth-order valence-corrected chi connectivity index (χ4v) is 4.92. The number of hydrogen-bond acceptors (Lipinski definition) is 5. The number of carbonyl (C=O) groups is 1. The molecule has 0 aliphatic carbocycles. The molecule has 2 rings (SSSR count). The van der Waals surface area contributed by atoms with Crippen molar-refractivity contribution < 1.29 is 31.5 Å². The van der Waals surface area contributed by atoms with Crippen molar-refractivity contribution in [1.82, 2.24) is 8.69 Å². The molecular formula is C16H14ClF3N2O4S2. The van der Waals surface area contributed by atoms with Crippen molar-refractivity contribution in [2.45, 2.75) is 29.9 Å². The van der Waals surface area contributed by atoms with Crippen LogP contribution in [0.15, 0.2) is 40.4 Å². The third-order valence-corrected chi connectivity index (χ3v) is 7.40. The minimum atomic E-state index is -4.63. The molecule has 28 heavy (non-hydrogen) atoms. The number of rotatable bonds is 6. The fourth-order valence-electron chi connectivity index (χ4n) is 2.14. The Labute approximate surface area is 168 Å². The molecule has 2 aromatic rings. The molecule has 0 spiro atoms. The van der Waals surface area contributed by atoms with Gasteiger partial charge >= 0.3 is 12.1 Å². The molecule has 12 heteroatoms. The maximum Gasteiger partial charge on any atom is 0.417 e. The van der Waals surface area contributed by atoms with Crippen LogP contribution in [0.25, 0.3) is 0 Å². The van der Waals surface area contributed by atoms with Gasteiger partial charge in [0, 0.05) is 12.7 Å². The Morgan fingerprint density at radius 3 is 2.46 bits per heavy atom. The number of alkyl halides is 3. The van der Waals surface area contributed by atoms with E-state index in [2.05, 4.69) is 4.98 Å². The Morgan fingerprint density at radius 2 is 1.96 bits per heavy atom. The van der Waals surface area contributed by atoms with Crippen LogP contribution in [0.3, 0.4) is 0 Å². The van der Waals surface area contributed by atoms with Crippen LogP contribution in [0.5, 0.6) is 0 Å². The molecule has 1 heterocycles. The number of pyridine rings is 1. The molecular weight excluding hydrogens is 441 g/mol. The standard InChI is InChI=1S/C16H14ClF3N2O4S2/c1-3-22(27-14-13(17)6-10(8-21-14)16(18,19)20)28(25,26)11-5-4-9(2)12(7-11)15(23)24/h4-8H,3H2,1-2H3,(H,23,24). The summed E-state index contributed by atoms with van der Waals surface area (Å²) in [6.45, 7) is 2.97. The average Bonchev–Trinajstić information content (AvgIpc) is 2.59. The van der Waals surface area contributed by atoms with Gasteiger partial charge in [0.25, 0.3) is 10.0 Å². The van der Waals surface area contributed by atoms with E-state index in [9.17, 15) is 31.5 Å². The molecule has 0 aliphatic rings. The van der Waals surface area contributed by atoms with E-state index in [0.717, 1.165) is 9.78 Å². The summed E-state index contributed by atoms with van der Waals surface area (Å²) in [6, 6.07) is 4.30. The first-order valence-corrected chi connectivity index (χ1v) is 10.2. The molecule has 0 bridgehead atoms. The summed E-state index contributed by atoms with van der Waals surface area (Å²) in [5.41, 5.74) is -0.847. The lowest BCUT2D eigenvalue weighted by Crippen LogP contribution is -2.25. The van der Waals surface area contributed by atoms with Crippen LogP contribution in [-0.2, 0) is 16.2 Å². The van der Waals surface area contributed by atoms with Crippen LogP contribution < -0.4 is 0 Å². The highest BCUT2D eigenvalue weighted by Gasteiger charge is 2.32. The van der Waals surface area contributed by atoms with Gasteiger partial charge in [0.2, 0.25) is 0 Å². The smallest absolute Gasteiger partial charge is 0.417 e. The van der Waals surface area contributed by atoms with E-state index in [1.54, 1.807) is 0 Å². The predicted molar refractivity (Wildman–Crippen MR) is 97.8 cm³/mol. The summed E-state index contributed by atoms with van der Waals surface area (Å²) >= 11 is 6.38. The maximum absolute atomic E-state index is 12.9. The highest BCUT2D eigenvalue weighted by atomic mass is 35.5. The molecule has 152 valence electrons. The van der Waals surface area contributed by atoms with Crippen molar-refractivity contribution in [3.63, 3.8) is 0 Å². The third kappa shape index (κ3) is 4.77. The number of sulfonamides is 1. The van der Waals surface area contributed by atoms with Gasteiger partial charge in [-0.2, -0.15) is 13.2 Å². The zero-order valence-corrected chi connectivity index (χ0v) is 16.9. The van der Waals surface area contributed by atoms with Gasteiger partial charge in [-0.05, 0) is 42.6 Å². The number of carboxylic acids is 1. The summed E-state index contributed by atoms with van der Waals surface area (Å²) in [5.74, 6) is -1.28. The van der Waals surface area contributed by atoms with Gasteiger partial charge in [0.05, 0.1) is 21.0 Å². The number of aryl methyl sites for hydroxylation is 1. The zero-order valence-electron chi connectivity index (χ0n) is 14.5. The Hall–Kier alpha value is -1.82. The molecule has 1 aromatic carbocycles. The van der Waals surface area contributed by atoms with Crippen LogP contribution in [0, 0.1) is 6.92 Å². The van der Waals surface area contributed by atoms with Gasteiger partial charge in [0.15, 0.2) is 0 Å². The number of aromatic carboxylic acids is 1. The summed E-state index contributed by atoms with van der Waals surface area (Å²) < 4.78 is 64.7. The average molecular weight is 455 g/mol. The molecule has 0 radical (unpaired) electrons. The van der Waals surface area contributed by atoms with Gasteiger partial charge in [0.1, 0.15) is 5.03 Å². The molecule has 0 atom stereocenters. The monoisotopic (exact) mass is 454 g/mol. The molecule has 0 saturated heterocycles. The third-order valence-electron chi connectivity index (χ3n) is 3.59. The van der Waals surface area contributed by atoms with Crippen LogP contribution in [0.1, 0.15) is 28.4 Å². The SMILES string of the molecule is CCN(Sc1ncc(C(F)(F)F)cc1Cl)S(=O)(=O)c1ccc(C)c(C(=O)O)c1. The highest BCUT2D eigenvalue weighted by Crippen LogP contribution is 2.36. The van der Waals surface area contributed by atoms with Crippen molar-refractivity contribution in [2.24, 2.45) is 0 Å². The van der Waals surface area contributed by atoms with Crippen molar-refractivity contribution in [3.8, 4) is 0 Å². The summed E-state index contributed by atoms with van der Waals surface area (Å²) in [7, 11) is -4.17. The molecule has 1 N–H and O–H groups in total. The number of aromatic nitrogens is 1. The first kappa shape index (κ1) is 22.5. The van der Waals surface area contributed by atoms with E-state index in [1.807, 2.05) is 0 Å². The first-order valence-electron chi connectivity index (χ1n) is 7.65. The molecule has 0 fully saturated rings. The second-order valence-corrected chi connectivity index (χ2v) is 9.02. The lowest BCUT2D eigenvalue weighted by atomic mass is 10.1. The van der Waals surface area contributed by atoms with E-state index in [4.69, 9.17) is 11.6 Å². The van der Waals surface area contributed by atoms with Crippen molar-refractivity contribution in [1.29, 1.82) is 0 Å². The van der Waals surface area contributed by atoms with Gasteiger partial charge in [-0.1, -0.05) is 24.6 Å². The van der Waals surface area contributed by atoms with Crippen LogP contribution in [-0.4, -0.2) is 34.7 Å². The Morgan fingerprint density at radius 1 is 1.32 bits per heavy atom. The van der Waals surface area contributed by atoms with E-state index >= 15 is 0 Å². The van der Waals surface area contributed by atoms with Crippen LogP contribution in [0.4, 0.5) is 13.2 Å². The Balaban J connectivity index is 2.40. The highest BCUT2D eigenvalue weighted by molar-refractivity contribution is 8.08. The van der Waals surface area contributed by atoms with Crippen molar-refractivity contribution >= 4 is 39.5 Å². The van der Waals surface area contributed by atoms with Crippen molar-refractivity contribution in [2.75, 3.05) is 6.54 Å². The van der Waals surface area contributed by atoms with E-state index in [1.165, 1.54) is 26.0 Å². The Kier molecular flexibility index (Phi) is 6.64. The number of hydrogen-bond donors (Lipinski definition) is 1. The van der Waals surface area contributed by atoms with Gasteiger partial charge < -0.3 is 5.11 Å². The fraction of sp³-hybridized carbons (Fsp3) is 0.250. The molecule has 0 aliphatic heterocycles. The van der Waals surface area contributed by atoms with Gasteiger partial charge in [-0.3, -0.25) is 0 Å². The molecule has 0 saturated carbocycles. The topological polar surface area (TPSA) is 87.6 Å². The number of benzene rings is 1. The number of nitrogens with zero attached hydrogens (tertiary/aromatic N) is 2. The largest absolute Gasteiger partial charge is 0.478 e. The van der Waals surface area contributed by atoms with E-state index in [-0.39, 0.29) is 27.1 Å². The minimum absolute atomic E-state index is 0.0672. The van der Waals surface area contributed by atoms with Gasteiger partial charge in [-0.25, -0.2) is 18.2 Å².